The first-order valence-electron chi connectivity index (χ1n) is 7.72. The van der Waals surface area contributed by atoms with Crippen molar-refractivity contribution in [3.8, 4) is 0 Å². The van der Waals surface area contributed by atoms with Crippen LogP contribution >= 0.6 is 0 Å². The van der Waals surface area contributed by atoms with Gasteiger partial charge in [-0.2, -0.15) is 0 Å². The van der Waals surface area contributed by atoms with Gasteiger partial charge in [-0.05, 0) is 36.8 Å². The minimum absolute atomic E-state index is 0.000582. The van der Waals surface area contributed by atoms with Crippen LogP contribution in [-0.2, 0) is 4.79 Å². The number of aliphatic hydroxyl groups is 1. The summed E-state index contributed by atoms with van der Waals surface area (Å²) in [5, 5.41) is 10.4. The van der Waals surface area contributed by atoms with Gasteiger partial charge in [0.1, 0.15) is 5.82 Å². The Labute approximate surface area is 124 Å². The summed E-state index contributed by atoms with van der Waals surface area (Å²) in [5.41, 5.74) is -0.0730. The molecular weight excluding hydrogens is 269 g/mol. The van der Waals surface area contributed by atoms with Crippen LogP contribution in [0.2, 0.25) is 0 Å². The van der Waals surface area contributed by atoms with Gasteiger partial charge in [0, 0.05) is 19.5 Å². The van der Waals surface area contributed by atoms with Crippen LogP contribution in [0.1, 0.15) is 43.6 Å². The van der Waals surface area contributed by atoms with Crippen LogP contribution in [0.3, 0.4) is 0 Å². The van der Waals surface area contributed by atoms with Crippen LogP contribution < -0.4 is 0 Å². The Morgan fingerprint density at radius 2 is 2.05 bits per heavy atom. The number of amides is 1. The predicted molar refractivity (Wildman–Crippen MR) is 78.3 cm³/mol. The lowest BCUT2D eigenvalue weighted by atomic mass is 10.0. The summed E-state index contributed by atoms with van der Waals surface area (Å²) in [6.45, 7) is 0.395. The number of hydrogen-bond acceptors (Lipinski definition) is 2. The number of hydrogen-bond donors (Lipinski definition) is 1. The molecule has 0 heterocycles. The van der Waals surface area contributed by atoms with Crippen molar-refractivity contribution in [1.82, 2.24) is 4.90 Å². The predicted octanol–water partition coefficient (Wildman–Crippen LogP) is 2.69. The highest BCUT2D eigenvalue weighted by Crippen LogP contribution is 2.49. The maximum Gasteiger partial charge on any atom is 0.226 e. The minimum atomic E-state index is -0.715. The molecule has 2 unspecified atom stereocenters. The number of likely N-dealkylation sites (N-methyl/N-ethyl adjacent to an activating group) is 1. The van der Waals surface area contributed by atoms with Crippen molar-refractivity contribution < 1.29 is 14.3 Å². The summed E-state index contributed by atoms with van der Waals surface area (Å²) < 4.78 is 13.7. The maximum absolute atomic E-state index is 13.7. The maximum atomic E-state index is 13.7. The van der Waals surface area contributed by atoms with E-state index in [2.05, 4.69) is 0 Å². The van der Waals surface area contributed by atoms with Gasteiger partial charge in [-0.25, -0.2) is 4.39 Å². The molecule has 1 aromatic carbocycles. The second-order valence-corrected chi connectivity index (χ2v) is 6.60. The average Bonchev–Trinajstić information content (AvgIpc) is 3.13. The number of benzene rings is 1. The van der Waals surface area contributed by atoms with E-state index in [0.717, 1.165) is 25.7 Å². The number of carbonyl (C=O) groups is 1. The first-order valence-corrected chi connectivity index (χ1v) is 7.72. The number of nitrogens with zero attached hydrogens (tertiary/aromatic N) is 1. The summed E-state index contributed by atoms with van der Waals surface area (Å²) in [6.07, 6.45) is 4.31. The van der Waals surface area contributed by atoms with Gasteiger partial charge in [-0.1, -0.05) is 31.0 Å². The Morgan fingerprint density at radius 3 is 2.71 bits per heavy atom. The highest BCUT2D eigenvalue weighted by Gasteiger charge is 2.47. The smallest absolute Gasteiger partial charge is 0.226 e. The van der Waals surface area contributed by atoms with E-state index in [1.165, 1.54) is 6.07 Å². The highest BCUT2D eigenvalue weighted by molar-refractivity contribution is 5.82. The molecular formula is C17H22FNO2. The molecule has 0 radical (unpaired) electrons. The molecule has 0 saturated heterocycles. The summed E-state index contributed by atoms with van der Waals surface area (Å²) in [4.78, 5) is 14.1. The van der Waals surface area contributed by atoms with Crippen LogP contribution in [0.25, 0.3) is 0 Å². The third-order valence-electron chi connectivity index (χ3n) is 4.85. The summed E-state index contributed by atoms with van der Waals surface area (Å²) in [5.74, 6) is -0.324. The normalized spacial score (nSPS) is 26.6. The average molecular weight is 291 g/mol. The fourth-order valence-corrected chi connectivity index (χ4v) is 3.58. The van der Waals surface area contributed by atoms with Crippen molar-refractivity contribution in [2.24, 2.45) is 5.92 Å². The first-order chi connectivity index (χ1) is 10.0. The molecule has 0 aliphatic heterocycles. The number of halogens is 1. The van der Waals surface area contributed by atoms with Gasteiger partial charge in [-0.3, -0.25) is 4.79 Å². The van der Waals surface area contributed by atoms with Gasteiger partial charge in [0.25, 0.3) is 0 Å². The van der Waals surface area contributed by atoms with Crippen molar-refractivity contribution in [1.29, 1.82) is 0 Å². The van der Waals surface area contributed by atoms with Crippen molar-refractivity contribution in [3.63, 3.8) is 0 Å². The molecule has 1 amide bonds. The summed E-state index contributed by atoms with van der Waals surface area (Å²) in [7, 11) is 1.75. The number of carbonyl (C=O) groups excluding carboxylic acids is 1. The second kappa shape index (κ2) is 5.41. The molecule has 2 saturated carbocycles. The Bertz CT molecular complexity index is 539. The molecule has 0 spiro atoms. The van der Waals surface area contributed by atoms with E-state index in [1.54, 1.807) is 24.1 Å². The zero-order valence-corrected chi connectivity index (χ0v) is 12.4. The van der Waals surface area contributed by atoms with E-state index in [1.807, 2.05) is 6.07 Å². The van der Waals surface area contributed by atoms with Gasteiger partial charge < -0.3 is 10.0 Å². The summed E-state index contributed by atoms with van der Waals surface area (Å²) >= 11 is 0. The molecule has 3 rings (SSSR count). The molecule has 2 fully saturated rings. The van der Waals surface area contributed by atoms with Crippen molar-refractivity contribution in [2.45, 2.75) is 43.6 Å². The Morgan fingerprint density at radius 1 is 1.38 bits per heavy atom. The van der Waals surface area contributed by atoms with Gasteiger partial charge in [0.15, 0.2) is 0 Å². The third-order valence-corrected chi connectivity index (χ3v) is 4.85. The third kappa shape index (κ3) is 2.95. The van der Waals surface area contributed by atoms with Crippen LogP contribution in [0, 0.1) is 11.7 Å². The molecule has 0 bridgehead atoms. The quantitative estimate of drug-likeness (QED) is 0.926. The van der Waals surface area contributed by atoms with E-state index >= 15 is 0 Å². The zero-order chi connectivity index (χ0) is 15.0. The molecule has 4 heteroatoms. The van der Waals surface area contributed by atoms with E-state index in [0.29, 0.717) is 18.5 Å². The fourth-order valence-electron chi connectivity index (χ4n) is 3.58. The fraction of sp³-hybridized carbons (Fsp3) is 0.588. The molecule has 1 aromatic rings. The van der Waals surface area contributed by atoms with E-state index in [4.69, 9.17) is 0 Å². The molecule has 0 aromatic heterocycles. The van der Waals surface area contributed by atoms with Crippen molar-refractivity contribution >= 4 is 5.91 Å². The molecule has 114 valence electrons. The van der Waals surface area contributed by atoms with E-state index < -0.39 is 5.60 Å². The molecule has 2 aliphatic carbocycles. The van der Waals surface area contributed by atoms with Crippen LogP contribution in [0.15, 0.2) is 24.3 Å². The largest absolute Gasteiger partial charge is 0.388 e. The minimum Gasteiger partial charge on any atom is -0.388 e. The van der Waals surface area contributed by atoms with Gasteiger partial charge in [0.2, 0.25) is 5.91 Å². The van der Waals surface area contributed by atoms with E-state index in [-0.39, 0.29) is 23.6 Å². The summed E-state index contributed by atoms with van der Waals surface area (Å²) in [6, 6.07) is 6.68. The van der Waals surface area contributed by atoms with E-state index in [9.17, 15) is 14.3 Å². The Hall–Kier alpha value is -1.42. The monoisotopic (exact) mass is 291 g/mol. The lowest BCUT2D eigenvalue weighted by Gasteiger charge is -2.28. The van der Waals surface area contributed by atoms with Crippen LogP contribution in [-0.4, -0.2) is 35.1 Å². The van der Waals surface area contributed by atoms with Crippen LogP contribution in [0.5, 0.6) is 0 Å². The van der Waals surface area contributed by atoms with Gasteiger partial charge in [-0.15, -0.1) is 0 Å². The Kier molecular flexibility index (Phi) is 3.74. The van der Waals surface area contributed by atoms with Gasteiger partial charge in [0.05, 0.1) is 5.60 Å². The van der Waals surface area contributed by atoms with Crippen LogP contribution in [0.4, 0.5) is 4.39 Å². The lowest BCUT2D eigenvalue weighted by molar-refractivity contribution is -0.134. The molecule has 1 N–H and O–H groups in total. The molecule has 3 nitrogen and oxygen atoms in total. The topological polar surface area (TPSA) is 40.5 Å². The van der Waals surface area contributed by atoms with Crippen molar-refractivity contribution in [3.05, 3.63) is 35.6 Å². The highest BCUT2D eigenvalue weighted by atomic mass is 19.1. The lowest BCUT2D eigenvalue weighted by Crippen LogP contribution is -2.42. The zero-order valence-electron chi connectivity index (χ0n) is 12.4. The van der Waals surface area contributed by atoms with Gasteiger partial charge >= 0.3 is 0 Å². The Balaban J connectivity index is 1.61. The number of rotatable bonds is 4. The molecule has 2 atom stereocenters. The second-order valence-electron chi connectivity index (χ2n) is 6.60. The standard InChI is InChI=1S/C17H22FNO2/c1-19(11-17(21)8-4-5-9-17)16(20)14-10-13(14)12-6-2-3-7-15(12)18/h2-3,6-7,13-14,21H,4-5,8-11H2,1H3. The molecule has 21 heavy (non-hydrogen) atoms. The first kappa shape index (κ1) is 14.5. The SMILES string of the molecule is CN(CC1(O)CCCC1)C(=O)C1CC1c1ccccc1F. The van der Waals surface area contributed by atoms with Crippen molar-refractivity contribution in [2.75, 3.05) is 13.6 Å². The molecule has 2 aliphatic rings.